The lowest BCUT2D eigenvalue weighted by Gasteiger charge is -2.20. The summed E-state index contributed by atoms with van der Waals surface area (Å²) in [5, 5.41) is 12.4. The second kappa shape index (κ2) is 10.9. The maximum atomic E-state index is 12.1. The topological polar surface area (TPSA) is 77.0 Å². The van der Waals surface area contributed by atoms with Gasteiger partial charge in [0, 0.05) is 8.07 Å². The summed E-state index contributed by atoms with van der Waals surface area (Å²) in [4.78, 5) is 12.1. The highest BCUT2D eigenvalue weighted by Crippen LogP contribution is 2.31. The summed E-state index contributed by atoms with van der Waals surface area (Å²) in [6.07, 6.45) is -0.536. The van der Waals surface area contributed by atoms with Gasteiger partial charge in [0.1, 0.15) is 6.61 Å². The molecule has 2 aromatic carbocycles. The largest absolute Gasteiger partial charge is 0.493 e. The van der Waals surface area contributed by atoms with Gasteiger partial charge >= 0.3 is 6.09 Å². The highest BCUT2D eigenvalue weighted by molar-refractivity contribution is 6.76. The molecule has 1 atom stereocenters. The van der Waals surface area contributed by atoms with Crippen molar-refractivity contribution in [2.45, 2.75) is 38.3 Å². The Morgan fingerprint density at radius 2 is 1.83 bits per heavy atom. The van der Waals surface area contributed by atoms with Gasteiger partial charge in [0.25, 0.3) is 0 Å². The number of hydrogen-bond acceptors (Lipinski definition) is 5. The second-order valence-corrected chi connectivity index (χ2v) is 13.6. The second-order valence-electron chi connectivity index (χ2n) is 8.01. The lowest BCUT2D eigenvalue weighted by molar-refractivity contribution is 0.140. The Morgan fingerprint density at radius 3 is 2.45 bits per heavy atom. The third kappa shape index (κ3) is 7.79. The van der Waals surface area contributed by atoms with Crippen molar-refractivity contribution in [2.24, 2.45) is 0 Å². The molecule has 0 bridgehead atoms. The van der Waals surface area contributed by atoms with Gasteiger partial charge in [-0.15, -0.1) is 0 Å². The van der Waals surface area contributed by atoms with Crippen molar-refractivity contribution in [3.63, 3.8) is 0 Å². The van der Waals surface area contributed by atoms with E-state index in [2.05, 4.69) is 25.0 Å². The Balaban J connectivity index is 1.99. The van der Waals surface area contributed by atoms with E-state index in [9.17, 15) is 9.90 Å². The molecule has 0 aliphatic rings. The molecule has 0 saturated carbocycles. The van der Waals surface area contributed by atoms with Crippen molar-refractivity contribution in [2.75, 3.05) is 20.3 Å². The van der Waals surface area contributed by atoms with Gasteiger partial charge in [0.2, 0.25) is 0 Å². The van der Waals surface area contributed by atoms with Gasteiger partial charge < -0.3 is 24.6 Å². The Bertz CT molecular complexity index is 777. The molecule has 0 aliphatic heterocycles. The van der Waals surface area contributed by atoms with E-state index in [0.717, 1.165) is 11.6 Å². The number of carbonyl (C=O) groups is 1. The van der Waals surface area contributed by atoms with Crippen LogP contribution < -0.4 is 14.8 Å². The standard InChI is InChI=1S/C22H31NO5Si/c1-26-21-14-18(10-11-20(21)28-16-17-8-6-5-7-9-17)19(15-24)23-22(25)27-12-13-29(2,3)4/h5-11,14,19,24H,12-13,15-16H2,1-4H3,(H,23,25)/t19-/m1/s1. The van der Waals surface area contributed by atoms with Gasteiger partial charge in [-0.3, -0.25) is 0 Å². The van der Waals surface area contributed by atoms with Gasteiger partial charge in [-0.2, -0.15) is 0 Å². The molecule has 2 aromatic rings. The normalized spacial score (nSPS) is 12.2. The van der Waals surface area contributed by atoms with Crippen LogP contribution in [0.15, 0.2) is 48.5 Å². The van der Waals surface area contributed by atoms with Crippen molar-refractivity contribution < 1.29 is 24.1 Å². The van der Waals surface area contributed by atoms with Crippen LogP contribution in [0.1, 0.15) is 17.2 Å². The fourth-order valence-electron chi connectivity index (χ4n) is 2.62. The molecule has 29 heavy (non-hydrogen) atoms. The third-order valence-corrected chi connectivity index (χ3v) is 6.09. The number of rotatable bonds is 10. The van der Waals surface area contributed by atoms with E-state index in [0.29, 0.717) is 30.3 Å². The van der Waals surface area contributed by atoms with E-state index in [1.165, 1.54) is 0 Å². The lowest BCUT2D eigenvalue weighted by Crippen LogP contribution is -2.32. The number of methoxy groups -OCH3 is 1. The smallest absolute Gasteiger partial charge is 0.407 e. The fraction of sp³-hybridized carbons (Fsp3) is 0.409. The van der Waals surface area contributed by atoms with Gasteiger partial charge in [0.15, 0.2) is 11.5 Å². The predicted octanol–water partition coefficient (Wildman–Crippen LogP) is 4.37. The molecule has 6 nitrogen and oxygen atoms in total. The molecule has 0 spiro atoms. The number of hydrogen-bond donors (Lipinski definition) is 2. The summed E-state index contributed by atoms with van der Waals surface area (Å²) in [6.45, 7) is 7.21. The van der Waals surface area contributed by atoms with Crippen molar-refractivity contribution in [1.82, 2.24) is 5.32 Å². The molecular formula is C22H31NO5Si. The maximum Gasteiger partial charge on any atom is 0.407 e. The zero-order valence-electron chi connectivity index (χ0n) is 17.6. The Kier molecular flexibility index (Phi) is 8.54. The first-order chi connectivity index (χ1) is 13.8. The van der Waals surface area contributed by atoms with Crippen molar-refractivity contribution in [3.8, 4) is 11.5 Å². The number of alkyl carbamates (subject to hydrolysis) is 1. The number of aliphatic hydroxyl groups excluding tert-OH is 1. The third-order valence-electron chi connectivity index (χ3n) is 4.39. The Labute approximate surface area is 173 Å². The molecule has 0 aromatic heterocycles. The van der Waals surface area contributed by atoms with E-state index in [1.807, 2.05) is 30.3 Å². The van der Waals surface area contributed by atoms with Crippen LogP contribution in [0.2, 0.25) is 25.7 Å². The van der Waals surface area contributed by atoms with Gasteiger partial charge in [0.05, 0.1) is 26.4 Å². The minimum absolute atomic E-state index is 0.253. The highest BCUT2D eigenvalue weighted by atomic mass is 28.3. The van der Waals surface area contributed by atoms with E-state index in [1.54, 1.807) is 25.3 Å². The molecule has 2 N–H and O–H groups in total. The maximum absolute atomic E-state index is 12.1. The van der Waals surface area contributed by atoms with Crippen LogP contribution in [-0.2, 0) is 11.3 Å². The van der Waals surface area contributed by atoms with Gasteiger partial charge in [-0.05, 0) is 29.3 Å². The van der Waals surface area contributed by atoms with Crippen LogP contribution in [0.3, 0.4) is 0 Å². The number of aliphatic hydroxyl groups is 1. The van der Waals surface area contributed by atoms with Crippen LogP contribution in [0.5, 0.6) is 11.5 Å². The average Bonchev–Trinajstić information content (AvgIpc) is 2.70. The quantitative estimate of drug-likeness (QED) is 0.561. The van der Waals surface area contributed by atoms with Crippen LogP contribution in [0, 0.1) is 0 Å². The fourth-order valence-corrected chi connectivity index (χ4v) is 3.34. The van der Waals surface area contributed by atoms with Gasteiger partial charge in [-0.25, -0.2) is 4.79 Å². The van der Waals surface area contributed by atoms with Crippen LogP contribution >= 0.6 is 0 Å². The number of nitrogens with one attached hydrogen (secondary N) is 1. The van der Waals surface area contributed by atoms with Crippen molar-refractivity contribution in [3.05, 3.63) is 59.7 Å². The summed E-state index contributed by atoms with van der Waals surface area (Å²) in [5.41, 5.74) is 1.76. The van der Waals surface area contributed by atoms with Gasteiger partial charge in [-0.1, -0.05) is 56.0 Å². The molecule has 0 radical (unpaired) electrons. The summed E-state index contributed by atoms with van der Waals surface area (Å²) in [6, 6.07) is 15.5. The van der Waals surface area contributed by atoms with E-state index in [4.69, 9.17) is 14.2 Å². The Morgan fingerprint density at radius 1 is 1.10 bits per heavy atom. The summed E-state index contributed by atoms with van der Waals surface area (Å²) >= 11 is 0. The molecule has 0 saturated heterocycles. The Hall–Kier alpha value is -2.51. The molecule has 0 aliphatic carbocycles. The first-order valence-electron chi connectivity index (χ1n) is 9.71. The zero-order valence-corrected chi connectivity index (χ0v) is 18.6. The minimum Gasteiger partial charge on any atom is -0.493 e. The molecule has 0 heterocycles. The average molecular weight is 418 g/mol. The number of amides is 1. The molecule has 7 heteroatoms. The van der Waals surface area contributed by atoms with Crippen molar-refractivity contribution in [1.29, 1.82) is 0 Å². The first-order valence-corrected chi connectivity index (χ1v) is 13.4. The summed E-state index contributed by atoms with van der Waals surface area (Å²) in [5.74, 6) is 1.13. The van der Waals surface area contributed by atoms with E-state index in [-0.39, 0.29) is 6.61 Å². The molecule has 1 amide bonds. The van der Waals surface area contributed by atoms with Crippen LogP contribution in [-0.4, -0.2) is 39.6 Å². The van der Waals surface area contributed by atoms with Crippen LogP contribution in [0.25, 0.3) is 0 Å². The molecular weight excluding hydrogens is 386 g/mol. The lowest BCUT2D eigenvalue weighted by atomic mass is 10.1. The molecule has 0 fully saturated rings. The molecule has 2 rings (SSSR count). The first kappa shape index (κ1) is 22.8. The number of ether oxygens (including phenoxy) is 3. The van der Waals surface area contributed by atoms with E-state index < -0.39 is 20.2 Å². The molecule has 158 valence electrons. The van der Waals surface area contributed by atoms with Crippen LogP contribution in [0.4, 0.5) is 4.79 Å². The predicted molar refractivity (Wildman–Crippen MR) is 116 cm³/mol. The molecule has 0 unspecified atom stereocenters. The minimum atomic E-state index is -1.27. The SMILES string of the molecule is COc1cc([C@@H](CO)NC(=O)OCC[Si](C)(C)C)ccc1OCc1ccccc1. The number of carbonyl (C=O) groups excluding carboxylic acids is 1. The van der Waals surface area contributed by atoms with Crippen molar-refractivity contribution >= 4 is 14.2 Å². The van der Waals surface area contributed by atoms with E-state index >= 15 is 0 Å². The monoisotopic (exact) mass is 417 g/mol. The summed E-state index contributed by atoms with van der Waals surface area (Å²) in [7, 11) is 0.284. The number of benzene rings is 2. The summed E-state index contributed by atoms with van der Waals surface area (Å²) < 4.78 is 16.5. The zero-order chi connectivity index (χ0) is 21.3. The highest BCUT2D eigenvalue weighted by Gasteiger charge is 2.18.